The summed E-state index contributed by atoms with van der Waals surface area (Å²) in [6.45, 7) is 1.48. The molecule has 2 aromatic carbocycles. The molecule has 152 valence electrons. The van der Waals surface area contributed by atoms with Gasteiger partial charge < -0.3 is 14.4 Å². The number of esters is 1. The number of ether oxygens (including phenoxy) is 2. The van der Waals surface area contributed by atoms with Gasteiger partial charge in [-0.05, 0) is 43.5 Å². The molecular formula is C21H22N2O6. The van der Waals surface area contributed by atoms with Crippen molar-refractivity contribution in [3.8, 4) is 5.75 Å². The summed E-state index contributed by atoms with van der Waals surface area (Å²) in [6.07, 6.45) is 1.80. The van der Waals surface area contributed by atoms with Crippen molar-refractivity contribution in [1.82, 2.24) is 4.90 Å². The van der Waals surface area contributed by atoms with Crippen LogP contribution in [0.15, 0.2) is 42.5 Å². The first kappa shape index (κ1) is 20.3. The Morgan fingerprint density at radius 3 is 2.45 bits per heavy atom. The number of para-hydroxylation sites is 1. The lowest BCUT2D eigenvalue weighted by molar-refractivity contribution is -0.385. The highest BCUT2D eigenvalue weighted by molar-refractivity contribution is 5.95. The molecule has 1 aliphatic rings. The molecule has 1 aliphatic carbocycles. The summed E-state index contributed by atoms with van der Waals surface area (Å²) in [5.74, 6) is -0.479. The molecule has 8 heteroatoms. The Balaban J connectivity index is 1.66. The molecule has 0 N–H and O–H groups in total. The van der Waals surface area contributed by atoms with E-state index in [9.17, 15) is 19.7 Å². The summed E-state index contributed by atoms with van der Waals surface area (Å²) in [6, 6.07) is 11.9. The van der Waals surface area contributed by atoms with Gasteiger partial charge in [0, 0.05) is 18.2 Å². The van der Waals surface area contributed by atoms with E-state index in [4.69, 9.17) is 9.47 Å². The standard InChI is InChI=1S/C21H22N2O6/c1-14-4-3-5-18(20(14)23(26)27)21(25)29-13-19(24)22(16-8-9-16)12-15-6-10-17(28-2)11-7-15/h3-7,10-11,16H,8-9,12-13H2,1-2H3. The van der Waals surface area contributed by atoms with Gasteiger partial charge in [-0.25, -0.2) is 4.79 Å². The van der Waals surface area contributed by atoms with Gasteiger partial charge in [-0.3, -0.25) is 14.9 Å². The fourth-order valence-corrected chi connectivity index (χ4v) is 3.09. The van der Waals surface area contributed by atoms with Gasteiger partial charge >= 0.3 is 5.97 Å². The van der Waals surface area contributed by atoms with Gasteiger partial charge in [0.2, 0.25) is 0 Å². The summed E-state index contributed by atoms with van der Waals surface area (Å²) in [5.41, 5.74) is 0.833. The summed E-state index contributed by atoms with van der Waals surface area (Å²) >= 11 is 0. The van der Waals surface area contributed by atoms with E-state index in [2.05, 4.69) is 0 Å². The SMILES string of the molecule is COc1ccc(CN(C(=O)COC(=O)c2cccc(C)c2[N+](=O)[O-])C2CC2)cc1. The van der Waals surface area contributed by atoms with Crippen LogP contribution in [-0.2, 0) is 16.1 Å². The Labute approximate surface area is 168 Å². The zero-order valence-corrected chi connectivity index (χ0v) is 16.3. The van der Waals surface area contributed by atoms with Crippen molar-refractivity contribution < 1.29 is 24.0 Å². The first-order valence-corrected chi connectivity index (χ1v) is 9.24. The molecule has 2 aromatic rings. The third-order valence-corrected chi connectivity index (χ3v) is 4.79. The van der Waals surface area contributed by atoms with E-state index < -0.39 is 17.5 Å². The highest BCUT2D eigenvalue weighted by atomic mass is 16.6. The number of hydrogen-bond donors (Lipinski definition) is 0. The molecule has 0 aliphatic heterocycles. The topological polar surface area (TPSA) is 99.0 Å². The molecule has 8 nitrogen and oxygen atoms in total. The molecule has 0 bridgehead atoms. The minimum Gasteiger partial charge on any atom is -0.497 e. The summed E-state index contributed by atoms with van der Waals surface area (Å²) < 4.78 is 10.3. The predicted molar refractivity (Wildman–Crippen MR) is 105 cm³/mol. The van der Waals surface area contributed by atoms with E-state index >= 15 is 0 Å². The number of methoxy groups -OCH3 is 1. The normalized spacial score (nSPS) is 12.9. The molecule has 1 saturated carbocycles. The molecule has 0 saturated heterocycles. The lowest BCUT2D eigenvalue weighted by Crippen LogP contribution is -2.36. The van der Waals surface area contributed by atoms with Crippen molar-refractivity contribution in [3.63, 3.8) is 0 Å². The van der Waals surface area contributed by atoms with E-state index in [1.807, 2.05) is 24.3 Å². The van der Waals surface area contributed by atoms with Crippen LogP contribution in [0.2, 0.25) is 0 Å². The van der Waals surface area contributed by atoms with Crippen LogP contribution in [-0.4, -0.2) is 41.5 Å². The summed E-state index contributed by atoms with van der Waals surface area (Å²) in [5, 5.41) is 11.3. The van der Waals surface area contributed by atoms with Crippen LogP contribution < -0.4 is 4.74 Å². The Morgan fingerprint density at radius 1 is 1.17 bits per heavy atom. The zero-order valence-electron chi connectivity index (χ0n) is 16.3. The number of hydrogen-bond acceptors (Lipinski definition) is 6. The number of benzene rings is 2. The third-order valence-electron chi connectivity index (χ3n) is 4.79. The molecule has 1 amide bonds. The maximum atomic E-state index is 12.7. The highest BCUT2D eigenvalue weighted by Crippen LogP contribution is 2.29. The van der Waals surface area contributed by atoms with Crippen molar-refractivity contribution in [2.45, 2.75) is 32.4 Å². The van der Waals surface area contributed by atoms with Crippen molar-refractivity contribution in [2.24, 2.45) is 0 Å². The molecule has 1 fully saturated rings. The monoisotopic (exact) mass is 398 g/mol. The number of nitrogens with zero attached hydrogens (tertiary/aromatic N) is 2. The zero-order chi connectivity index (χ0) is 21.0. The second kappa shape index (κ2) is 8.72. The van der Waals surface area contributed by atoms with E-state index in [1.165, 1.54) is 6.07 Å². The number of rotatable bonds is 8. The highest BCUT2D eigenvalue weighted by Gasteiger charge is 2.33. The van der Waals surface area contributed by atoms with Crippen molar-refractivity contribution in [3.05, 3.63) is 69.3 Å². The Morgan fingerprint density at radius 2 is 1.86 bits per heavy atom. The molecule has 0 atom stereocenters. The van der Waals surface area contributed by atoms with E-state index in [0.29, 0.717) is 12.1 Å². The minimum atomic E-state index is -0.881. The molecule has 0 heterocycles. The first-order chi connectivity index (χ1) is 13.9. The molecule has 0 spiro atoms. The van der Waals surface area contributed by atoms with Crippen LogP contribution in [0.3, 0.4) is 0 Å². The molecule has 0 aromatic heterocycles. The average molecular weight is 398 g/mol. The first-order valence-electron chi connectivity index (χ1n) is 9.24. The maximum absolute atomic E-state index is 12.7. The fourth-order valence-electron chi connectivity index (χ4n) is 3.09. The summed E-state index contributed by atoms with van der Waals surface area (Å²) in [4.78, 5) is 37.3. The third kappa shape index (κ3) is 4.90. The quantitative estimate of drug-likeness (QED) is 0.384. The number of carbonyl (C=O) groups excluding carboxylic acids is 2. The van der Waals surface area contributed by atoms with Crippen LogP contribution in [0.1, 0.15) is 34.3 Å². The maximum Gasteiger partial charge on any atom is 0.345 e. The van der Waals surface area contributed by atoms with Crippen LogP contribution in [0.25, 0.3) is 0 Å². The van der Waals surface area contributed by atoms with Crippen LogP contribution in [0, 0.1) is 17.0 Å². The number of nitro groups is 1. The minimum absolute atomic E-state index is 0.122. The predicted octanol–water partition coefficient (Wildman–Crippen LogP) is 3.26. The van der Waals surface area contributed by atoms with Crippen molar-refractivity contribution in [1.29, 1.82) is 0 Å². The lowest BCUT2D eigenvalue weighted by atomic mass is 10.1. The number of aryl methyl sites for hydroxylation is 1. The lowest BCUT2D eigenvalue weighted by Gasteiger charge is -2.22. The fraction of sp³-hybridized carbons (Fsp3) is 0.333. The molecule has 0 unspecified atom stereocenters. The van der Waals surface area contributed by atoms with Crippen LogP contribution >= 0.6 is 0 Å². The summed E-state index contributed by atoms with van der Waals surface area (Å²) in [7, 11) is 1.59. The Hall–Kier alpha value is -3.42. The van der Waals surface area contributed by atoms with Gasteiger partial charge in [0.05, 0.1) is 12.0 Å². The molecule has 29 heavy (non-hydrogen) atoms. The Kier molecular flexibility index (Phi) is 6.11. The number of amides is 1. The van der Waals surface area contributed by atoms with Gasteiger partial charge in [0.25, 0.3) is 11.6 Å². The van der Waals surface area contributed by atoms with E-state index in [0.717, 1.165) is 24.2 Å². The largest absolute Gasteiger partial charge is 0.497 e. The van der Waals surface area contributed by atoms with E-state index in [1.54, 1.807) is 31.1 Å². The second-order valence-corrected chi connectivity index (χ2v) is 6.91. The van der Waals surface area contributed by atoms with E-state index in [-0.39, 0.29) is 23.2 Å². The van der Waals surface area contributed by atoms with Gasteiger partial charge in [0.1, 0.15) is 11.3 Å². The van der Waals surface area contributed by atoms with Gasteiger partial charge in [-0.1, -0.05) is 24.3 Å². The number of nitro benzene ring substituents is 1. The molecule has 3 rings (SSSR count). The van der Waals surface area contributed by atoms with Crippen LogP contribution in [0.4, 0.5) is 5.69 Å². The van der Waals surface area contributed by atoms with Crippen LogP contribution in [0.5, 0.6) is 5.75 Å². The van der Waals surface area contributed by atoms with Gasteiger partial charge in [-0.2, -0.15) is 0 Å². The van der Waals surface area contributed by atoms with Gasteiger partial charge in [0.15, 0.2) is 6.61 Å². The molecule has 0 radical (unpaired) electrons. The smallest absolute Gasteiger partial charge is 0.345 e. The Bertz CT molecular complexity index is 921. The van der Waals surface area contributed by atoms with Crippen molar-refractivity contribution >= 4 is 17.6 Å². The number of carbonyl (C=O) groups is 2. The molecular weight excluding hydrogens is 376 g/mol. The average Bonchev–Trinajstić information content (AvgIpc) is 3.55. The van der Waals surface area contributed by atoms with Gasteiger partial charge in [-0.15, -0.1) is 0 Å². The second-order valence-electron chi connectivity index (χ2n) is 6.91. The van der Waals surface area contributed by atoms with Crippen molar-refractivity contribution in [2.75, 3.05) is 13.7 Å².